The summed E-state index contributed by atoms with van der Waals surface area (Å²) < 4.78 is 0. The van der Waals surface area contributed by atoms with Gasteiger partial charge in [-0.3, -0.25) is 0 Å². The first-order chi connectivity index (χ1) is 4.16. The Balaban J connectivity index is 3.16. The van der Waals surface area contributed by atoms with E-state index in [4.69, 9.17) is 5.11 Å². The van der Waals surface area contributed by atoms with Crippen LogP contribution >= 0.6 is 0 Å². The van der Waals surface area contributed by atoms with Gasteiger partial charge in [0, 0.05) is 0 Å². The molecule has 1 N–H and O–H groups in total. The fourth-order valence-electron chi connectivity index (χ4n) is 0.207. The number of hydrogen-bond donors (Lipinski definition) is 1. The van der Waals surface area contributed by atoms with Gasteiger partial charge in [0.2, 0.25) is 0 Å². The van der Waals surface area contributed by atoms with Crippen molar-refractivity contribution in [1.82, 2.24) is 0 Å². The molecule has 0 saturated heterocycles. The second-order valence-corrected chi connectivity index (χ2v) is 1.73. The van der Waals surface area contributed by atoms with E-state index in [1.165, 1.54) is 6.92 Å². The molecule has 0 aromatic heterocycles. The molecule has 0 spiro atoms. The van der Waals surface area contributed by atoms with Gasteiger partial charge in [0.25, 0.3) is 0 Å². The average molecular weight is 132 g/mol. The van der Waals surface area contributed by atoms with Gasteiger partial charge in [-0.15, -0.1) is 6.58 Å². The van der Waals surface area contributed by atoms with Crippen LogP contribution in [0.2, 0.25) is 0 Å². The van der Waals surface area contributed by atoms with E-state index in [9.17, 15) is 0 Å². The van der Waals surface area contributed by atoms with E-state index in [0.29, 0.717) is 0 Å². The van der Waals surface area contributed by atoms with Crippen LogP contribution in [0.3, 0.4) is 0 Å². The molecule has 0 aliphatic carbocycles. The molecule has 0 radical (unpaired) electrons. The van der Waals surface area contributed by atoms with Gasteiger partial charge in [-0.1, -0.05) is 6.08 Å². The highest BCUT2D eigenvalue weighted by Crippen LogP contribution is 1.94. The summed E-state index contributed by atoms with van der Waals surface area (Å²) in [7, 11) is 0. The Morgan fingerprint density at radius 3 is 2.33 bits per heavy atom. The second-order valence-electron chi connectivity index (χ2n) is 1.73. The van der Waals surface area contributed by atoms with Crippen LogP contribution < -0.4 is 0 Å². The lowest BCUT2D eigenvalue weighted by atomic mass is 10.4. The molecule has 0 amide bonds. The van der Waals surface area contributed by atoms with Gasteiger partial charge in [0.15, 0.2) is 6.29 Å². The molecule has 0 aliphatic rings. The van der Waals surface area contributed by atoms with Crippen LogP contribution in [0.5, 0.6) is 0 Å². The highest BCUT2D eigenvalue weighted by atomic mass is 17.2. The van der Waals surface area contributed by atoms with Gasteiger partial charge in [-0.25, -0.2) is 9.78 Å². The molecule has 9 heavy (non-hydrogen) atoms. The maximum Gasteiger partial charge on any atom is 0.185 e. The fourth-order valence-corrected chi connectivity index (χ4v) is 0.207. The zero-order valence-electron chi connectivity index (χ0n) is 5.70. The van der Waals surface area contributed by atoms with Gasteiger partial charge in [-0.2, -0.15) is 0 Å². The maximum atomic E-state index is 8.52. The Morgan fingerprint density at radius 1 is 1.44 bits per heavy atom. The normalized spacial score (nSPS) is 16.8. The summed E-state index contributed by atoms with van der Waals surface area (Å²) in [6, 6.07) is 0. The van der Waals surface area contributed by atoms with Crippen LogP contribution in [0.4, 0.5) is 0 Å². The zero-order valence-corrected chi connectivity index (χ0v) is 5.70. The predicted octanol–water partition coefficient (Wildman–Crippen LogP) is 0.847. The van der Waals surface area contributed by atoms with Crippen molar-refractivity contribution in [2.45, 2.75) is 26.2 Å². The van der Waals surface area contributed by atoms with Gasteiger partial charge in [-0.05, 0) is 13.8 Å². The Hall–Kier alpha value is -0.380. The van der Waals surface area contributed by atoms with Crippen LogP contribution in [0.1, 0.15) is 13.8 Å². The van der Waals surface area contributed by atoms with Crippen molar-refractivity contribution in [3.63, 3.8) is 0 Å². The third kappa shape index (κ3) is 5.49. The molecular weight excluding hydrogens is 120 g/mol. The maximum absolute atomic E-state index is 8.52. The van der Waals surface area contributed by atoms with E-state index >= 15 is 0 Å². The van der Waals surface area contributed by atoms with Gasteiger partial charge in [0.05, 0.1) is 0 Å². The molecule has 0 aliphatic heterocycles. The highest BCUT2D eigenvalue weighted by Gasteiger charge is 1.98. The van der Waals surface area contributed by atoms with Crippen LogP contribution in [0.15, 0.2) is 12.7 Å². The third-order valence-electron chi connectivity index (χ3n) is 0.679. The first-order valence-electron chi connectivity index (χ1n) is 2.79. The molecule has 3 nitrogen and oxygen atoms in total. The van der Waals surface area contributed by atoms with Crippen molar-refractivity contribution < 1.29 is 14.9 Å². The molecule has 0 aromatic rings. The van der Waals surface area contributed by atoms with E-state index in [1.807, 2.05) is 0 Å². The molecule has 2 unspecified atom stereocenters. The predicted molar refractivity (Wildman–Crippen MR) is 33.5 cm³/mol. The van der Waals surface area contributed by atoms with Crippen molar-refractivity contribution in [3.8, 4) is 0 Å². The summed E-state index contributed by atoms with van der Waals surface area (Å²) in [6.45, 7) is 6.68. The van der Waals surface area contributed by atoms with Crippen molar-refractivity contribution in [2.75, 3.05) is 0 Å². The van der Waals surface area contributed by atoms with Gasteiger partial charge in [0.1, 0.15) is 6.10 Å². The van der Waals surface area contributed by atoms with E-state index in [0.717, 1.165) is 0 Å². The van der Waals surface area contributed by atoms with E-state index in [-0.39, 0.29) is 6.10 Å². The first-order valence-corrected chi connectivity index (χ1v) is 2.79. The monoisotopic (exact) mass is 132 g/mol. The zero-order chi connectivity index (χ0) is 7.28. The second kappa shape index (κ2) is 4.49. The molecular formula is C6H12O3. The number of hydrogen-bond acceptors (Lipinski definition) is 3. The summed E-state index contributed by atoms with van der Waals surface area (Å²) in [4.78, 5) is 8.96. The number of rotatable bonds is 4. The Labute approximate surface area is 54.8 Å². The summed E-state index contributed by atoms with van der Waals surface area (Å²) >= 11 is 0. The number of aliphatic hydroxyl groups excluding tert-OH is 1. The highest BCUT2D eigenvalue weighted by molar-refractivity contribution is 4.73. The minimum absolute atomic E-state index is 0.181. The minimum atomic E-state index is -0.882. The summed E-state index contributed by atoms with van der Waals surface area (Å²) in [6.07, 6.45) is 0.509. The van der Waals surface area contributed by atoms with Crippen LogP contribution in [-0.2, 0) is 9.78 Å². The van der Waals surface area contributed by atoms with E-state index in [2.05, 4.69) is 16.4 Å². The van der Waals surface area contributed by atoms with Crippen molar-refractivity contribution >= 4 is 0 Å². The largest absolute Gasteiger partial charge is 0.366 e. The number of aliphatic hydroxyl groups is 1. The average Bonchev–Trinajstić information content (AvgIpc) is 1.83. The first kappa shape index (κ1) is 8.62. The molecule has 0 rings (SSSR count). The molecule has 0 heterocycles. The lowest BCUT2D eigenvalue weighted by Crippen LogP contribution is -2.12. The topological polar surface area (TPSA) is 38.7 Å². The third-order valence-corrected chi connectivity index (χ3v) is 0.679. The Kier molecular flexibility index (Phi) is 4.30. The SMILES string of the molecule is C=CC(C)OOC(C)O. The van der Waals surface area contributed by atoms with E-state index in [1.54, 1.807) is 13.0 Å². The van der Waals surface area contributed by atoms with Gasteiger partial charge >= 0.3 is 0 Å². The quantitative estimate of drug-likeness (QED) is 0.267. The molecule has 54 valence electrons. The molecule has 3 heteroatoms. The summed E-state index contributed by atoms with van der Waals surface area (Å²) in [5, 5.41) is 8.52. The van der Waals surface area contributed by atoms with Crippen LogP contribution in [0, 0.1) is 0 Å². The summed E-state index contributed by atoms with van der Waals surface area (Å²) in [5.74, 6) is 0. The van der Waals surface area contributed by atoms with Gasteiger partial charge < -0.3 is 5.11 Å². The minimum Gasteiger partial charge on any atom is -0.366 e. The van der Waals surface area contributed by atoms with Crippen LogP contribution in [0.25, 0.3) is 0 Å². The molecule has 0 bridgehead atoms. The fraction of sp³-hybridized carbons (Fsp3) is 0.667. The molecule has 0 saturated carbocycles. The molecule has 0 aromatic carbocycles. The van der Waals surface area contributed by atoms with Crippen LogP contribution in [-0.4, -0.2) is 17.5 Å². The summed E-state index contributed by atoms with van der Waals surface area (Å²) in [5.41, 5.74) is 0. The lowest BCUT2D eigenvalue weighted by Gasteiger charge is -2.08. The Bertz CT molecular complexity index is 80.4. The van der Waals surface area contributed by atoms with E-state index < -0.39 is 6.29 Å². The lowest BCUT2D eigenvalue weighted by molar-refractivity contribution is -0.376. The van der Waals surface area contributed by atoms with Crippen molar-refractivity contribution in [3.05, 3.63) is 12.7 Å². The smallest absolute Gasteiger partial charge is 0.185 e. The van der Waals surface area contributed by atoms with Crippen molar-refractivity contribution in [2.24, 2.45) is 0 Å². The standard InChI is InChI=1S/C6H12O3/c1-4-5(2)8-9-6(3)7/h4-7H,1H2,2-3H3. The molecule has 0 fully saturated rings. The Morgan fingerprint density at radius 2 is 2.00 bits per heavy atom. The van der Waals surface area contributed by atoms with Crippen molar-refractivity contribution in [1.29, 1.82) is 0 Å². The molecule has 2 atom stereocenters.